The minimum Gasteiger partial charge on any atom is -0.496 e. The Morgan fingerprint density at radius 2 is 1.52 bits per heavy atom. The van der Waals surface area contributed by atoms with Crippen molar-refractivity contribution in [2.45, 2.75) is 19.3 Å². The van der Waals surface area contributed by atoms with Crippen LogP contribution in [0.1, 0.15) is 16.7 Å². The van der Waals surface area contributed by atoms with E-state index >= 15 is 0 Å². The number of alkyl halides is 3. The summed E-state index contributed by atoms with van der Waals surface area (Å²) in [7, 11) is 1.66. The number of methoxy groups -OCH3 is 1. The average molecular weight is 443 g/mol. The number of hydrogen-bond donors (Lipinski definition) is 0. The number of piperazine rings is 1. The van der Waals surface area contributed by atoms with Crippen molar-refractivity contribution in [3.05, 3.63) is 63.6 Å². The van der Waals surface area contributed by atoms with E-state index in [1.807, 2.05) is 18.2 Å². The smallest absolute Gasteiger partial charge is 0.416 e. The summed E-state index contributed by atoms with van der Waals surface area (Å²) in [6, 6.07) is 11.8. The second-order valence-corrected chi connectivity index (χ2v) is 7.58. The molecular formula is C20H22BrF3N2O. The first-order valence-electron chi connectivity index (χ1n) is 8.79. The van der Waals surface area contributed by atoms with Gasteiger partial charge in [0.25, 0.3) is 0 Å². The number of rotatable bonds is 5. The second kappa shape index (κ2) is 8.63. The largest absolute Gasteiger partial charge is 0.496 e. The number of halogens is 4. The minimum atomic E-state index is -4.31. The van der Waals surface area contributed by atoms with Crippen LogP contribution in [0.15, 0.2) is 46.9 Å². The third-order valence-electron chi connectivity index (χ3n) is 4.82. The van der Waals surface area contributed by atoms with Gasteiger partial charge in [0.1, 0.15) is 5.75 Å². The van der Waals surface area contributed by atoms with Crippen molar-refractivity contribution in [3.63, 3.8) is 0 Å². The monoisotopic (exact) mass is 442 g/mol. The van der Waals surface area contributed by atoms with Crippen molar-refractivity contribution in [3.8, 4) is 5.75 Å². The zero-order valence-corrected chi connectivity index (χ0v) is 16.7. The van der Waals surface area contributed by atoms with Crippen molar-refractivity contribution < 1.29 is 17.9 Å². The Labute approximate surface area is 165 Å². The van der Waals surface area contributed by atoms with Gasteiger partial charge in [-0.3, -0.25) is 9.80 Å². The van der Waals surface area contributed by atoms with Crippen LogP contribution in [0, 0.1) is 0 Å². The van der Waals surface area contributed by atoms with E-state index in [1.54, 1.807) is 19.2 Å². The molecule has 0 N–H and O–H groups in total. The lowest BCUT2D eigenvalue weighted by Crippen LogP contribution is -2.45. The summed E-state index contributed by atoms with van der Waals surface area (Å²) in [5.41, 5.74) is 0.904. The summed E-state index contributed by atoms with van der Waals surface area (Å²) in [6.45, 7) is 4.18. The Balaban J connectivity index is 1.60. The highest BCUT2D eigenvalue weighted by Crippen LogP contribution is 2.32. The topological polar surface area (TPSA) is 15.7 Å². The summed E-state index contributed by atoms with van der Waals surface area (Å²) in [4.78, 5) is 4.38. The minimum absolute atomic E-state index is 0.323. The van der Waals surface area contributed by atoms with Crippen molar-refractivity contribution in [2.75, 3.05) is 33.3 Å². The average Bonchev–Trinajstić information content (AvgIpc) is 2.63. The molecule has 0 amide bonds. The molecule has 0 aromatic heterocycles. The van der Waals surface area contributed by atoms with E-state index in [0.29, 0.717) is 12.1 Å². The summed E-state index contributed by atoms with van der Waals surface area (Å²) < 4.78 is 45.9. The first-order chi connectivity index (χ1) is 12.9. The molecule has 3 rings (SSSR count). The van der Waals surface area contributed by atoms with Crippen LogP contribution in [-0.4, -0.2) is 43.1 Å². The van der Waals surface area contributed by atoms with Crippen LogP contribution in [0.2, 0.25) is 0 Å². The van der Waals surface area contributed by atoms with Gasteiger partial charge in [-0.2, -0.15) is 13.2 Å². The van der Waals surface area contributed by atoms with Gasteiger partial charge in [0.05, 0.1) is 12.7 Å². The molecule has 0 saturated carbocycles. The van der Waals surface area contributed by atoms with Crippen molar-refractivity contribution in [1.29, 1.82) is 0 Å². The van der Waals surface area contributed by atoms with Crippen molar-refractivity contribution >= 4 is 15.9 Å². The van der Waals surface area contributed by atoms with Crippen LogP contribution in [0.5, 0.6) is 5.75 Å². The Hall–Kier alpha value is -1.57. The summed E-state index contributed by atoms with van der Waals surface area (Å²) in [5, 5.41) is 0. The van der Waals surface area contributed by atoms with Gasteiger partial charge in [0.15, 0.2) is 0 Å². The van der Waals surface area contributed by atoms with Crippen LogP contribution in [0.4, 0.5) is 13.2 Å². The molecule has 0 atom stereocenters. The molecule has 0 radical (unpaired) electrons. The lowest BCUT2D eigenvalue weighted by molar-refractivity contribution is -0.138. The molecule has 1 aliphatic rings. The number of hydrogen-bond acceptors (Lipinski definition) is 3. The van der Waals surface area contributed by atoms with Crippen molar-refractivity contribution in [1.82, 2.24) is 9.80 Å². The predicted molar refractivity (Wildman–Crippen MR) is 103 cm³/mol. The van der Waals surface area contributed by atoms with Crippen LogP contribution in [-0.2, 0) is 19.3 Å². The molecule has 3 nitrogen and oxygen atoms in total. The highest BCUT2D eigenvalue weighted by atomic mass is 79.9. The molecule has 0 aliphatic carbocycles. The van der Waals surface area contributed by atoms with Gasteiger partial charge in [0, 0.05) is 49.3 Å². The van der Waals surface area contributed by atoms with Gasteiger partial charge in [-0.25, -0.2) is 0 Å². The van der Waals surface area contributed by atoms with E-state index in [2.05, 4.69) is 25.7 Å². The predicted octanol–water partition coefficient (Wildman–Crippen LogP) is 4.79. The van der Waals surface area contributed by atoms with E-state index in [1.165, 1.54) is 6.07 Å². The third-order valence-corrected chi connectivity index (χ3v) is 5.31. The molecule has 1 heterocycles. The maximum atomic E-state index is 13.2. The zero-order chi connectivity index (χ0) is 19.4. The van der Waals surface area contributed by atoms with E-state index in [4.69, 9.17) is 4.74 Å². The fourth-order valence-corrected chi connectivity index (χ4v) is 3.80. The molecule has 1 saturated heterocycles. The summed E-state index contributed by atoms with van der Waals surface area (Å²) >= 11 is 3.49. The van der Waals surface area contributed by atoms with Gasteiger partial charge in [0.2, 0.25) is 0 Å². The van der Waals surface area contributed by atoms with E-state index in [0.717, 1.165) is 54.6 Å². The maximum Gasteiger partial charge on any atom is 0.416 e. The molecule has 2 aromatic carbocycles. The van der Waals surface area contributed by atoms with Gasteiger partial charge in [-0.1, -0.05) is 34.1 Å². The fraction of sp³-hybridized carbons (Fsp3) is 0.400. The first kappa shape index (κ1) is 20.2. The molecule has 7 heteroatoms. The van der Waals surface area contributed by atoms with Gasteiger partial charge in [-0.05, 0) is 29.8 Å². The molecule has 146 valence electrons. The fourth-order valence-electron chi connectivity index (χ4n) is 3.39. The normalized spacial score (nSPS) is 16.5. The van der Waals surface area contributed by atoms with Gasteiger partial charge >= 0.3 is 6.18 Å². The lowest BCUT2D eigenvalue weighted by atomic mass is 10.1. The van der Waals surface area contributed by atoms with Crippen LogP contribution in [0.3, 0.4) is 0 Å². The van der Waals surface area contributed by atoms with Gasteiger partial charge in [-0.15, -0.1) is 0 Å². The van der Waals surface area contributed by atoms with E-state index in [9.17, 15) is 13.2 Å². The summed E-state index contributed by atoms with van der Waals surface area (Å²) in [6.07, 6.45) is -4.31. The Bertz CT molecular complexity index is 774. The highest BCUT2D eigenvalue weighted by molar-refractivity contribution is 9.10. The molecule has 0 bridgehead atoms. The number of ether oxygens (including phenoxy) is 1. The lowest BCUT2D eigenvalue weighted by Gasteiger charge is -2.35. The molecule has 1 fully saturated rings. The SMILES string of the molecule is COc1ccc(Br)cc1CN1CCN(Cc2ccccc2C(F)(F)F)CC1. The molecule has 0 unspecified atom stereocenters. The van der Waals surface area contributed by atoms with Gasteiger partial charge < -0.3 is 4.74 Å². The first-order valence-corrected chi connectivity index (χ1v) is 9.58. The Morgan fingerprint density at radius 1 is 0.926 bits per heavy atom. The van der Waals surface area contributed by atoms with Crippen molar-refractivity contribution in [2.24, 2.45) is 0 Å². The van der Waals surface area contributed by atoms with Crippen LogP contribution >= 0.6 is 15.9 Å². The summed E-state index contributed by atoms with van der Waals surface area (Å²) in [5.74, 6) is 0.847. The molecule has 0 spiro atoms. The molecule has 2 aromatic rings. The zero-order valence-electron chi connectivity index (χ0n) is 15.1. The standard InChI is InChI=1S/C20H22BrF3N2O/c1-27-19-7-6-17(21)12-16(19)14-26-10-8-25(9-11-26)13-15-4-2-3-5-18(15)20(22,23)24/h2-7,12H,8-11,13-14H2,1H3. The Morgan fingerprint density at radius 3 is 2.11 bits per heavy atom. The Kier molecular flexibility index (Phi) is 6.44. The third kappa shape index (κ3) is 5.24. The molecular weight excluding hydrogens is 421 g/mol. The highest BCUT2D eigenvalue weighted by Gasteiger charge is 2.33. The van der Waals surface area contributed by atoms with Crippen LogP contribution < -0.4 is 4.74 Å². The molecule has 1 aliphatic heterocycles. The molecule has 27 heavy (non-hydrogen) atoms. The van der Waals surface area contributed by atoms with Crippen LogP contribution in [0.25, 0.3) is 0 Å². The van der Waals surface area contributed by atoms with E-state index in [-0.39, 0.29) is 0 Å². The second-order valence-electron chi connectivity index (χ2n) is 6.66. The quantitative estimate of drug-likeness (QED) is 0.661. The number of nitrogens with zero attached hydrogens (tertiary/aromatic N) is 2. The maximum absolute atomic E-state index is 13.2. The van der Waals surface area contributed by atoms with E-state index < -0.39 is 11.7 Å². The number of benzene rings is 2.